The van der Waals surface area contributed by atoms with Gasteiger partial charge in [0.15, 0.2) is 0 Å². The molecule has 3 heteroatoms. The maximum atomic E-state index is 11.8. The first-order chi connectivity index (χ1) is 8.26. The smallest absolute Gasteiger partial charge is 0.339 e. The highest BCUT2D eigenvalue weighted by molar-refractivity contribution is 5.90. The van der Waals surface area contributed by atoms with Gasteiger partial charge in [0.2, 0.25) is 0 Å². The molecule has 2 rings (SSSR count). The number of ether oxygens (including phenoxy) is 1. The average Bonchev–Trinajstić information content (AvgIpc) is 3.13. The topological polar surface area (TPSA) is 39.2 Å². The van der Waals surface area contributed by atoms with Crippen LogP contribution in [-0.2, 0) is 11.2 Å². The maximum Gasteiger partial charge on any atom is 0.339 e. The predicted molar refractivity (Wildman–Crippen MR) is 66.2 cm³/mol. The second-order valence-corrected chi connectivity index (χ2v) is 4.48. The number of aromatic nitrogens is 1. The van der Waals surface area contributed by atoms with E-state index in [1.54, 1.807) is 0 Å². The lowest BCUT2D eigenvalue weighted by Crippen LogP contribution is -2.10. The summed E-state index contributed by atoms with van der Waals surface area (Å²) in [4.78, 5) is 16.4. The largest absolute Gasteiger partial charge is 0.462 e. The molecule has 0 spiro atoms. The van der Waals surface area contributed by atoms with Gasteiger partial charge in [-0.1, -0.05) is 13.3 Å². The molecule has 1 saturated carbocycles. The second-order valence-electron chi connectivity index (χ2n) is 4.48. The first-order valence-corrected chi connectivity index (χ1v) is 6.43. The van der Waals surface area contributed by atoms with Crippen LogP contribution in [0.1, 0.15) is 60.8 Å². The molecule has 17 heavy (non-hydrogen) atoms. The molecular formula is C14H19NO2. The van der Waals surface area contributed by atoms with Gasteiger partial charge in [0.25, 0.3) is 0 Å². The Morgan fingerprint density at radius 2 is 2.18 bits per heavy atom. The van der Waals surface area contributed by atoms with E-state index in [-0.39, 0.29) is 5.97 Å². The molecule has 1 aliphatic rings. The minimum atomic E-state index is -0.245. The van der Waals surface area contributed by atoms with E-state index in [9.17, 15) is 4.79 Å². The number of rotatable bonds is 5. The monoisotopic (exact) mass is 233 g/mol. The van der Waals surface area contributed by atoms with Crippen LogP contribution in [-0.4, -0.2) is 17.6 Å². The Hall–Kier alpha value is -1.38. The van der Waals surface area contributed by atoms with E-state index in [0.29, 0.717) is 18.1 Å². The van der Waals surface area contributed by atoms with Crippen LogP contribution in [0.4, 0.5) is 0 Å². The highest BCUT2D eigenvalue weighted by atomic mass is 16.5. The third-order valence-corrected chi connectivity index (χ3v) is 2.97. The van der Waals surface area contributed by atoms with E-state index < -0.39 is 0 Å². The third kappa shape index (κ3) is 2.84. The Morgan fingerprint density at radius 3 is 2.76 bits per heavy atom. The molecule has 0 unspecified atom stereocenters. The number of carbonyl (C=O) groups excluding carboxylic acids is 1. The molecule has 0 aliphatic heterocycles. The highest BCUT2D eigenvalue weighted by Crippen LogP contribution is 2.39. The summed E-state index contributed by atoms with van der Waals surface area (Å²) in [5.41, 5.74) is 2.68. The van der Waals surface area contributed by atoms with Gasteiger partial charge in [-0.2, -0.15) is 0 Å². The summed E-state index contributed by atoms with van der Waals surface area (Å²) in [5, 5.41) is 0. The van der Waals surface area contributed by atoms with Crippen molar-refractivity contribution in [3.63, 3.8) is 0 Å². The fourth-order valence-corrected chi connectivity index (χ4v) is 1.95. The molecule has 92 valence electrons. The van der Waals surface area contributed by atoms with Gasteiger partial charge < -0.3 is 4.74 Å². The van der Waals surface area contributed by atoms with Crippen molar-refractivity contribution in [2.45, 2.75) is 45.4 Å². The summed E-state index contributed by atoms with van der Waals surface area (Å²) >= 11 is 0. The van der Waals surface area contributed by atoms with Gasteiger partial charge in [0, 0.05) is 11.6 Å². The summed E-state index contributed by atoms with van der Waals surface area (Å²) < 4.78 is 5.05. The molecule has 1 fully saturated rings. The van der Waals surface area contributed by atoms with E-state index in [1.165, 1.54) is 12.8 Å². The standard InChI is InChI=1S/C14H19NO2/c1-3-5-13-11(14(16)17-4-2)8-9-12(15-13)10-6-7-10/h8-10H,3-7H2,1-2H3. The van der Waals surface area contributed by atoms with Gasteiger partial charge >= 0.3 is 5.97 Å². The fourth-order valence-electron chi connectivity index (χ4n) is 1.95. The highest BCUT2D eigenvalue weighted by Gasteiger charge is 2.26. The molecule has 0 atom stereocenters. The van der Waals surface area contributed by atoms with Crippen LogP contribution in [0.25, 0.3) is 0 Å². The van der Waals surface area contributed by atoms with Crippen LogP contribution < -0.4 is 0 Å². The Kier molecular flexibility index (Phi) is 3.77. The minimum Gasteiger partial charge on any atom is -0.462 e. The number of hydrogen-bond acceptors (Lipinski definition) is 3. The summed E-state index contributed by atoms with van der Waals surface area (Å²) in [6.45, 7) is 4.33. The minimum absolute atomic E-state index is 0.245. The molecule has 0 radical (unpaired) electrons. The quantitative estimate of drug-likeness (QED) is 0.734. The molecule has 0 N–H and O–H groups in total. The zero-order valence-electron chi connectivity index (χ0n) is 10.5. The second kappa shape index (κ2) is 5.30. The first-order valence-electron chi connectivity index (χ1n) is 6.43. The average molecular weight is 233 g/mol. The van der Waals surface area contributed by atoms with Gasteiger partial charge in [0.05, 0.1) is 17.9 Å². The first kappa shape index (κ1) is 12.1. The van der Waals surface area contributed by atoms with Crippen molar-refractivity contribution in [1.29, 1.82) is 0 Å². The summed E-state index contributed by atoms with van der Waals surface area (Å²) in [5.74, 6) is 0.382. The lowest BCUT2D eigenvalue weighted by molar-refractivity contribution is 0.0524. The summed E-state index contributed by atoms with van der Waals surface area (Å²) in [7, 11) is 0. The van der Waals surface area contributed by atoms with Gasteiger partial charge in [-0.25, -0.2) is 4.79 Å². The maximum absolute atomic E-state index is 11.8. The Morgan fingerprint density at radius 1 is 1.41 bits per heavy atom. The Balaban J connectivity index is 2.26. The van der Waals surface area contributed by atoms with Crippen LogP contribution in [0.15, 0.2) is 12.1 Å². The van der Waals surface area contributed by atoms with Crippen LogP contribution >= 0.6 is 0 Å². The van der Waals surface area contributed by atoms with Crippen molar-refractivity contribution >= 4 is 5.97 Å². The van der Waals surface area contributed by atoms with Gasteiger partial charge in [-0.15, -0.1) is 0 Å². The molecule has 0 bridgehead atoms. The number of esters is 1. The van der Waals surface area contributed by atoms with Gasteiger partial charge in [-0.05, 0) is 38.3 Å². The molecule has 0 saturated heterocycles. The normalized spacial score (nSPS) is 14.7. The number of pyridine rings is 1. The van der Waals surface area contributed by atoms with Gasteiger partial charge in [0.1, 0.15) is 0 Å². The van der Waals surface area contributed by atoms with Crippen LogP contribution in [0, 0.1) is 0 Å². The van der Waals surface area contributed by atoms with Crippen molar-refractivity contribution in [3.05, 3.63) is 29.1 Å². The van der Waals surface area contributed by atoms with Crippen LogP contribution in [0.5, 0.6) is 0 Å². The van der Waals surface area contributed by atoms with Crippen molar-refractivity contribution < 1.29 is 9.53 Å². The lowest BCUT2D eigenvalue weighted by atomic mass is 10.1. The van der Waals surface area contributed by atoms with E-state index >= 15 is 0 Å². The van der Waals surface area contributed by atoms with E-state index in [4.69, 9.17) is 4.74 Å². The molecule has 1 aromatic rings. The predicted octanol–water partition coefficient (Wildman–Crippen LogP) is 3.09. The van der Waals surface area contributed by atoms with Crippen LogP contribution in [0.2, 0.25) is 0 Å². The number of aryl methyl sites for hydroxylation is 1. The number of carbonyl (C=O) groups is 1. The van der Waals surface area contributed by atoms with E-state index in [1.807, 2.05) is 19.1 Å². The van der Waals surface area contributed by atoms with E-state index in [0.717, 1.165) is 24.2 Å². The molecule has 1 aromatic heterocycles. The molecule has 1 aliphatic carbocycles. The molecule has 1 heterocycles. The molecule has 0 aromatic carbocycles. The van der Waals surface area contributed by atoms with Crippen molar-refractivity contribution in [1.82, 2.24) is 4.98 Å². The van der Waals surface area contributed by atoms with E-state index in [2.05, 4.69) is 11.9 Å². The lowest BCUT2D eigenvalue weighted by Gasteiger charge is -2.09. The zero-order chi connectivity index (χ0) is 12.3. The molecule has 0 amide bonds. The number of hydrogen-bond donors (Lipinski definition) is 0. The third-order valence-electron chi connectivity index (χ3n) is 2.97. The molecule has 3 nitrogen and oxygen atoms in total. The fraction of sp³-hybridized carbons (Fsp3) is 0.571. The summed E-state index contributed by atoms with van der Waals surface area (Å²) in [6, 6.07) is 3.85. The number of nitrogens with zero attached hydrogens (tertiary/aromatic N) is 1. The van der Waals surface area contributed by atoms with Crippen molar-refractivity contribution in [3.8, 4) is 0 Å². The van der Waals surface area contributed by atoms with Gasteiger partial charge in [-0.3, -0.25) is 4.98 Å². The summed E-state index contributed by atoms with van der Waals surface area (Å²) in [6.07, 6.45) is 4.30. The van der Waals surface area contributed by atoms with Crippen molar-refractivity contribution in [2.24, 2.45) is 0 Å². The molecular weight excluding hydrogens is 214 g/mol. The van der Waals surface area contributed by atoms with Crippen molar-refractivity contribution in [2.75, 3.05) is 6.61 Å². The Bertz CT molecular complexity index is 411. The van der Waals surface area contributed by atoms with Crippen LogP contribution in [0.3, 0.4) is 0 Å². The zero-order valence-corrected chi connectivity index (χ0v) is 10.5. The SMILES string of the molecule is CCCc1nc(C2CC2)ccc1C(=O)OCC. The Labute approximate surface area is 102 Å².